The number of fused-ring (bicyclic) bond motifs is 1. The van der Waals surface area contributed by atoms with Crippen molar-refractivity contribution in [2.75, 3.05) is 14.1 Å². The molecule has 0 unspecified atom stereocenters. The zero-order chi connectivity index (χ0) is 16.4. The van der Waals surface area contributed by atoms with Gasteiger partial charge in [0.2, 0.25) is 0 Å². The second kappa shape index (κ2) is 5.96. The van der Waals surface area contributed by atoms with E-state index in [4.69, 9.17) is 11.5 Å². The van der Waals surface area contributed by atoms with Gasteiger partial charge in [0.15, 0.2) is 0 Å². The number of benzene rings is 2. The molecule has 0 fully saturated rings. The minimum Gasteiger partial charge on any atom is -0.384 e. The molecule has 3 rings (SSSR count). The van der Waals surface area contributed by atoms with E-state index in [0.29, 0.717) is 11.7 Å². The largest absolute Gasteiger partial charge is 0.384 e. The Balaban J connectivity index is 2.00. The maximum absolute atomic E-state index is 5.87. The van der Waals surface area contributed by atoms with Crippen molar-refractivity contribution in [2.45, 2.75) is 0 Å². The molecule has 0 aliphatic rings. The van der Waals surface area contributed by atoms with Crippen LogP contribution < -0.4 is 11.5 Å². The molecule has 0 saturated carbocycles. The van der Waals surface area contributed by atoms with Gasteiger partial charge in [0.1, 0.15) is 11.7 Å². The molecule has 1 heterocycles. The third-order valence-electron chi connectivity index (χ3n) is 3.89. The van der Waals surface area contributed by atoms with Crippen LogP contribution in [0.15, 0.2) is 58.5 Å². The Kier molecular flexibility index (Phi) is 3.85. The van der Waals surface area contributed by atoms with Gasteiger partial charge in [0.05, 0.1) is 0 Å². The molecule has 0 saturated heterocycles. The molecule has 0 radical (unpaired) electrons. The van der Waals surface area contributed by atoms with E-state index in [0.717, 1.165) is 33.3 Å². The van der Waals surface area contributed by atoms with Gasteiger partial charge in [0.25, 0.3) is 0 Å². The molecular weight excluding hydrogens is 286 g/mol. The lowest BCUT2D eigenvalue weighted by molar-refractivity contribution is 1.38. The van der Waals surface area contributed by atoms with E-state index < -0.39 is 0 Å². The summed E-state index contributed by atoms with van der Waals surface area (Å²) in [5.74, 6) is 1.06. The van der Waals surface area contributed by atoms with Crippen LogP contribution in [-0.4, -0.2) is 30.8 Å². The number of nitrogens with two attached hydrogens (primary N) is 2. The quantitative estimate of drug-likeness (QED) is 0.512. The number of aromatic amines is 1. The first kappa shape index (κ1) is 14.8. The van der Waals surface area contributed by atoms with Gasteiger partial charge in [-0.15, -0.1) is 0 Å². The highest BCUT2D eigenvalue weighted by atomic mass is 14.8. The number of amidine groups is 2. The summed E-state index contributed by atoms with van der Waals surface area (Å²) in [6.07, 6.45) is 0. The molecule has 0 aliphatic heterocycles. The van der Waals surface area contributed by atoms with Gasteiger partial charge in [-0.25, -0.2) is 0 Å². The van der Waals surface area contributed by atoms with E-state index in [1.807, 2.05) is 42.5 Å². The van der Waals surface area contributed by atoms with E-state index in [-0.39, 0.29) is 0 Å². The fraction of sp³-hybridized carbons (Fsp3) is 0.111. The lowest BCUT2D eigenvalue weighted by Gasteiger charge is -2.02. The predicted octanol–water partition coefficient (Wildman–Crippen LogP) is 2.51. The lowest BCUT2D eigenvalue weighted by Crippen LogP contribution is -2.12. The molecule has 116 valence electrons. The van der Waals surface area contributed by atoms with Gasteiger partial charge in [-0.1, -0.05) is 36.4 Å². The third kappa shape index (κ3) is 2.81. The molecule has 0 amide bonds. The average molecular weight is 305 g/mol. The van der Waals surface area contributed by atoms with E-state index >= 15 is 0 Å². The Bertz CT molecular complexity index is 901. The second-order valence-electron chi connectivity index (χ2n) is 5.28. The van der Waals surface area contributed by atoms with Crippen molar-refractivity contribution < 1.29 is 0 Å². The maximum Gasteiger partial charge on any atom is 0.125 e. The summed E-state index contributed by atoms with van der Waals surface area (Å²) in [5, 5.41) is 1.13. The molecule has 5 nitrogen and oxygen atoms in total. The van der Waals surface area contributed by atoms with Gasteiger partial charge in [-0.2, -0.15) is 0 Å². The van der Waals surface area contributed by atoms with Crippen molar-refractivity contribution in [3.05, 3.63) is 59.7 Å². The predicted molar refractivity (Wildman–Crippen MR) is 97.0 cm³/mol. The normalized spacial score (nSPS) is 12.8. The topological polar surface area (TPSA) is 92.5 Å². The fourth-order valence-corrected chi connectivity index (χ4v) is 2.52. The van der Waals surface area contributed by atoms with Crippen LogP contribution in [0.1, 0.15) is 11.1 Å². The summed E-state index contributed by atoms with van der Waals surface area (Å²) in [4.78, 5) is 11.4. The summed E-state index contributed by atoms with van der Waals surface area (Å²) in [5.41, 5.74) is 16.7. The maximum atomic E-state index is 5.87. The standard InChI is InChI=1S/C18H19N5/c1-21-17(19)12-5-3-11(4-6-12)15-9-13-7-8-14(18(20)22-2)10-16(13)23-15/h3-10,23H,1-2H3,(H2,19,21)(H2,20,22). The molecule has 5 heteroatoms. The van der Waals surface area contributed by atoms with Crippen molar-refractivity contribution >= 4 is 22.6 Å². The van der Waals surface area contributed by atoms with Crippen LogP contribution in [0.4, 0.5) is 0 Å². The Morgan fingerprint density at radius 3 is 2.09 bits per heavy atom. The summed E-state index contributed by atoms with van der Waals surface area (Å²) in [6.45, 7) is 0. The zero-order valence-corrected chi connectivity index (χ0v) is 13.2. The number of rotatable bonds is 3. The van der Waals surface area contributed by atoms with Crippen LogP contribution in [0.5, 0.6) is 0 Å². The summed E-state index contributed by atoms with van der Waals surface area (Å²) in [7, 11) is 3.37. The SMILES string of the molecule is CN=C(N)c1ccc(-c2cc3ccc(C(N)=NC)cc3[nH]2)cc1. The summed E-state index contributed by atoms with van der Waals surface area (Å²) < 4.78 is 0. The summed E-state index contributed by atoms with van der Waals surface area (Å²) >= 11 is 0. The van der Waals surface area contributed by atoms with Crippen molar-refractivity contribution in [1.82, 2.24) is 4.98 Å². The molecule has 0 aliphatic carbocycles. The Morgan fingerprint density at radius 1 is 0.826 bits per heavy atom. The minimum absolute atomic E-state index is 0.529. The first-order valence-corrected chi connectivity index (χ1v) is 7.31. The number of aliphatic imine (C=N–C) groups is 2. The van der Waals surface area contributed by atoms with E-state index in [2.05, 4.69) is 21.0 Å². The number of nitrogens with one attached hydrogen (secondary N) is 1. The zero-order valence-electron chi connectivity index (χ0n) is 13.2. The van der Waals surface area contributed by atoms with Crippen molar-refractivity contribution in [3.8, 4) is 11.3 Å². The van der Waals surface area contributed by atoms with Gasteiger partial charge in [-0.3, -0.25) is 9.98 Å². The average Bonchev–Trinajstić information content (AvgIpc) is 3.03. The number of aromatic nitrogens is 1. The van der Waals surface area contributed by atoms with Gasteiger partial charge < -0.3 is 16.5 Å². The number of hydrogen-bond donors (Lipinski definition) is 3. The number of hydrogen-bond acceptors (Lipinski definition) is 2. The third-order valence-corrected chi connectivity index (χ3v) is 3.89. The van der Waals surface area contributed by atoms with Gasteiger partial charge >= 0.3 is 0 Å². The van der Waals surface area contributed by atoms with E-state index in [9.17, 15) is 0 Å². The van der Waals surface area contributed by atoms with Crippen molar-refractivity contribution in [1.29, 1.82) is 0 Å². The van der Waals surface area contributed by atoms with Crippen molar-refractivity contribution in [3.63, 3.8) is 0 Å². The Labute approximate surface area is 134 Å². The Hall–Kier alpha value is -3.08. The molecule has 23 heavy (non-hydrogen) atoms. The van der Waals surface area contributed by atoms with Crippen molar-refractivity contribution in [2.24, 2.45) is 21.5 Å². The van der Waals surface area contributed by atoms with Crippen LogP contribution >= 0.6 is 0 Å². The molecule has 0 spiro atoms. The molecule has 2 aromatic carbocycles. The molecule has 0 atom stereocenters. The van der Waals surface area contributed by atoms with Crippen LogP contribution in [0.3, 0.4) is 0 Å². The highest BCUT2D eigenvalue weighted by Gasteiger charge is 2.06. The monoisotopic (exact) mass is 305 g/mol. The van der Waals surface area contributed by atoms with Gasteiger partial charge in [0, 0.05) is 41.8 Å². The number of nitrogens with zero attached hydrogens (tertiary/aromatic N) is 2. The van der Waals surface area contributed by atoms with Crippen LogP contribution in [0.25, 0.3) is 22.2 Å². The van der Waals surface area contributed by atoms with Crippen LogP contribution in [0.2, 0.25) is 0 Å². The first-order valence-electron chi connectivity index (χ1n) is 7.31. The lowest BCUT2D eigenvalue weighted by atomic mass is 10.1. The highest BCUT2D eigenvalue weighted by Crippen LogP contribution is 2.25. The summed E-state index contributed by atoms with van der Waals surface area (Å²) in [6, 6.07) is 16.1. The molecule has 3 aromatic rings. The highest BCUT2D eigenvalue weighted by molar-refractivity contribution is 6.01. The minimum atomic E-state index is 0.529. The first-order chi connectivity index (χ1) is 11.1. The molecule has 1 aromatic heterocycles. The smallest absolute Gasteiger partial charge is 0.125 e. The van der Waals surface area contributed by atoms with Gasteiger partial charge in [-0.05, 0) is 17.7 Å². The van der Waals surface area contributed by atoms with Crippen LogP contribution in [-0.2, 0) is 0 Å². The van der Waals surface area contributed by atoms with Crippen LogP contribution in [0, 0.1) is 0 Å². The Morgan fingerprint density at radius 2 is 1.43 bits per heavy atom. The molecular formula is C18H19N5. The number of H-pyrrole nitrogens is 1. The molecule has 0 bridgehead atoms. The fourth-order valence-electron chi connectivity index (χ4n) is 2.52. The van der Waals surface area contributed by atoms with E-state index in [1.165, 1.54) is 0 Å². The van der Waals surface area contributed by atoms with E-state index in [1.54, 1.807) is 14.1 Å². The molecule has 5 N–H and O–H groups in total. The second-order valence-corrected chi connectivity index (χ2v) is 5.28.